The largest absolute Gasteiger partial charge is 0.468 e. The molecule has 1 fully saturated rings. The average molecular weight is 215 g/mol. The van der Waals surface area contributed by atoms with Gasteiger partial charge in [-0.2, -0.15) is 0 Å². The minimum atomic E-state index is -0.231. The van der Waals surface area contributed by atoms with E-state index < -0.39 is 0 Å². The number of esters is 1. The number of nitrogens with one attached hydrogen (secondary N) is 1. The van der Waals surface area contributed by atoms with Crippen LogP contribution in [0, 0.1) is 0 Å². The zero-order valence-corrected chi connectivity index (χ0v) is 9.53. The van der Waals surface area contributed by atoms with Crippen LogP contribution in [0.25, 0.3) is 0 Å². The molecule has 1 aliphatic carbocycles. The van der Waals surface area contributed by atoms with Crippen LogP contribution in [0.1, 0.15) is 39.0 Å². The molecule has 1 saturated carbocycles. The van der Waals surface area contributed by atoms with Gasteiger partial charge in [-0.15, -0.1) is 0 Å². The number of rotatable bonds is 4. The van der Waals surface area contributed by atoms with E-state index in [1.807, 2.05) is 6.92 Å². The first kappa shape index (κ1) is 12.5. The second-order valence-corrected chi connectivity index (χ2v) is 4.17. The average Bonchev–Trinajstić information content (AvgIpc) is 2.25. The van der Waals surface area contributed by atoms with E-state index in [9.17, 15) is 9.90 Å². The van der Waals surface area contributed by atoms with Gasteiger partial charge < -0.3 is 15.2 Å². The molecule has 15 heavy (non-hydrogen) atoms. The molecule has 0 bridgehead atoms. The standard InChI is InChI=1S/C11H21NO3/c1-3-10(11(14)15-2)12-8-5-4-6-9(13)7-8/h8-10,12-13H,3-7H2,1-2H3. The minimum Gasteiger partial charge on any atom is -0.468 e. The fourth-order valence-corrected chi connectivity index (χ4v) is 2.09. The molecule has 0 amide bonds. The molecule has 0 aromatic carbocycles. The lowest BCUT2D eigenvalue weighted by Crippen LogP contribution is -2.46. The molecule has 0 heterocycles. The Hall–Kier alpha value is -0.610. The van der Waals surface area contributed by atoms with E-state index in [4.69, 9.17) is 4.74 Å². The van der Waals surface area contributed by atoms with Crippen LogP contribution in [0.2, 0.25) is 0 Å². The van der Waals surface area contributed by atoms with E-state index in [1.165, 1.54) is 7.11 Å². The Morgan fingerprint density at radius 3 is 2.87 bits per heavy atom. The summed E-state index contributed by atoms with van der Waals surface area (Å²) in [6.45, 7) is 1.95. The molecule has 88 valence electrons. The first-order chi connectivity index (χ1) is 7.17. The highest BCUT2D eigenvalue weighted by Gasteiger charge is 2.25. The van der Waals surface area contributed by atoms with Gasteiger partial charge in [0.1, 0.15) is 6.04 Å². The number of methoxy groups -OCH3 is 1. The lowest BCUT2D eigenvalue weighted by Gasteiger charge is -2.29. The predicted octanol–water partition coefficient (Wildman–Crippen LogP) is 0.831. The minimum absolute atomic E-state index is 0.211. The lowest BCUT2D eigenvalue weighted by atomic mass is 9.92. The van der Waals surface area contributed by atoms with E-state index in [0.717, 1.165) is 32.1 Å². The molecule has 4 nitrogen and oxygen atoms in total. The summed E-state index contributed by atoms with van der Waals surface area (Å²) in [5.41, 5.74) is 0. The highest BCUT2D eigenvalue weighted by Crippen LogP contribution is 2.19. The molecule has 0 aromatic rings. The van der Waals surface area contributed by atoms with Gasteiger partial charge in [0.15, 0.2) is 0 Å². The Bertz CT molecular complexity index is 208. The van der Waals surface area contributed by atoms with Crippen LogP contribution in [0.4, 0.5) is 0 Å². The third kappa shape index (κ3) is 3.80. The van der Waals surface area contributed by atoms with Gasteiger partial charge in [0.2, 0.25) is 0 Å². The molecule has 0 aromatic heterocycles. The third-order valence-electron chi connectivity index (χ3n) is 2.98. The van der Waals surface area contributed by atoms with Gasteiger partial charge in [0.05, 0.1) is 13.2 Å². The van der Waals surface area contributed by atoms with Crippen molar-refractivity contribution in [3.8, 4) is 0 Å². The van der Waals surface area contributed by atoms with Crippen molar-refractivity contribution in [1.29, 1.82) is 0 Å². The number of carbonyl (C=O) groups is 1. The molecule has 0 saturated heterocycles. The van der Waals surface area contributed by atoms with Gasteiger partial charge in [0, 0.05) is 6.04 Å². The molecule has 4 heteroatoms. The second kappa shape index (κ2) is 6.08. The zero-order valence-electron chi connectivity index (χ0n) is 9.53. The summed E-state index contributed by atoms with van der Waals surface area (Å²) < 4.78 is 4.71. The second-order valence-electron chi connectivity index (χ2n) is 4.17. The first-order valence-electron chi connectivity index (χ1n) is 5.69. The maximum Gasteiger partial charge on any atom is 0.322 e. The van der Waals surface area contributed by atoms with Crippen LogP contribution in [0.3, 0.4) is 0 Å². The molecular formula is C11H21NO3. The third-order valence-corrected chi connectivity index (χ3v) is 2.98. The number of hydrogen-bond acceptors (Lipinski definition) is 4. The fraction of sp³-hybridized carbons (Fsp3) is 0.909. The Kier molecular flexibility index (Phi) is 5.05. The van der Waals surface area contributed by atoms with E-state index in [-0.39, 0.29) is 24.2 Å². The molecule has 3 unspecified atom stereocenters. The van der Waals surface area contributed by atoms with Gasteiger partial charge in [0.25, 0.3) is 0 Å². The van der Waals surface area contributed by atoms with Gasteiger partial charge in [-0.05, 0) is 32.1 Å². The molecule has 0 spiro atoms. The molecule has 0 aliphatic heterocycles. The van der Waals surface area contributed by atoms with Crippen molar-refractivity contribution < 1.29 is 14.6 Å². The fourth-order valence-electron chi connectivity index (χ4n) is 2.09. The van der Waals surface area contributed by atoms with Gasteiger partial charge in [-0.1, -0.05) is 6.92 Å². The van der Waals surface area contributed by atoms with Crippen molar-refractivity contribution in [2.45, 2.75) is 57.2 Å². The Balaban J connectivity index is 2.40. The summed E-state index contributed by atoms with van der Waals surface area (Å²) >= 11 is 0. The highest BCUT2D eigenvalue weighted by atomic mass is 16.5. The number of ether oxygens (including phenoxy) is 1. The molecule has 1 aliphatic rings. The van der Waals surface area contributed by atoms with Gasteiger partial charge >= 0.3 is 5.97 Å². The molecule has 3 atom stereocenters. The van der Waals surface area contributed by atoms with Crippen molar-refractivity contribution in [2.75, 3.05) is 7.11 Å². The number of carbonyl (C=O) groups excluding carboxylic acids is 1. The van der Waals surface area contributed by atoms with Crippen LogP contribution in [-0.2, 0) is 9.53 Å². The van der Waals surface area contributed by atoms with Crippen LogP contribution in [-0.4, -0.2) is 36.4 Å². The topological polar surface area (TPSA) is 58.6 Å². The van der Waals surface area contributed by atoms with E-state index in [1.54, 1.807) is 0 Å². The first-order valence-corrected chi connectivity index (χ1v) is 5.69. The monoisotopic (exact) mass is 215 g/mol. The van der Waals surface area contributed by atoms with Crippen LogP contribution in [0.5, 0.6) is 0 Å². The highest BCUT2D eigenvalue weighted by molar-refractivity contribution is 5.75. The quantitative estimate of drug-likeness (QED) is 0.682. The SMILES string of the molecule is CCC(NC1CCCC(O)C1)C(=O)OC. The zero-order chi connectivity index (χ0) is 11.3. The smallest absolute Gasteiger partial charge is 0.322 e. The summed E-state index contributed by atoms with van der Waals surface area (Å²) in [4.78, 5) is 11.4. The van der Waals surface area contributed by atoms with Gasteiger partial charge in [-0.25, -0.2) is 0 Å². The molecule has 2 N–H and O–H groups in total. The molecule has 1 rings (SSSR count). The number of hydrogen-bond donors (Lipinski definition) is 2. The van der Waals surface area contributed by atoms with E-state index in [2.05, 4.69) is 5.32 Å². The lowest BCUT2D eigenvalue weighted by molar-refractivity contribution is -0.143. The van der Waals surface area contributed by atoms with Gasteiger partial charge in [-0.3, -0.25) is 4.79 Å². The van der Waals surface area contributed by atoms with E-state index >= 15 is 0 Å². The maximum absolute atomic E-state index is 11.4. The van der Waals surface area contributed by atoms with E-state index in [0.29, 0.717) is 0 Å². The van der Waals surface area contributed by atoms with Crippen molar-refractivity contribution in [3.05, 3.63) is 0 Å². The number of aliphatic hydroxyl groups excluding tert-OH is 1. The summed E-state index contributed by atoms with van der Waals surface area (Å²) in [7, 11) is 1.41. The molecular weight excluding hydrogens is 194 g/mol. The van der Waals surface area contributed by atoms with Crippen LogP contribution < -0.4 is 5.32 Å². The van der Waals surface area contributed by atoms with Crippen molar-refractivity contribution >= 4 is 5.97 Å². The Labute approximate surface area is 91.0 Å². The summed E-state index contributed by atoms with van der Waals surface area (Å²) in [5, 5.41) is 12.8. The Morgan fingerprint density at radius 1 is 1.60 bits per heavy atom. The summed E-state index contributed by atoms with van der Waals surface area (Å²) in [6.07, 6.45) is 4.19. The Morgan fingerprint density at radius 2 is 2.33 bits per heavy atom. The van der Waals surface area contributed by atoms with Crippen molar-refractivity contribution in [1.82, 2.24) is 5.32 Å². The van der Waals surface area contributed by atoms with Crippen LogP contribution in [0.15, 0.2) is 0 Å². The molecule has 0 radical (unpaired) electrons. The van der Waals surface area contributed by atoms with Crippen molar-refractivity contribution in [3.63, 3.8) is 0 Å². The maximum atomic E-state index is 11.4. The predicted molar refractivity (Wildman–Crippen MR) is 57.5 cm³/mol. The van der Waals surface area contributed by atoms with Crippen LogP contribution >= 0.6 is 0 Å². The normalized spacial score (nSPS) is 28.5. The van der Waals surface area contributed by atoms with Crippen molar-refractivity contribution in [2.24, 2.45) is 0 Å². The summed E-state index contributed by atoms with van der Waals surface area (Å²) in [5.74, 6) is -0.211. The summed E-state index contributed by atoms with van der Waals surface area (Å²) in [6, 6.07) is 0.0168. The number of aliphatic hydroxyl groups is 1.